The van der Waals surface area contributed by atoms with Gasteiger partial charge in [-0.25, -0.2) is 4.98 Å². The van der Waals surface area contributed by atoms with E-state index in [-0.39, 0.29) is 0 Å². The quantitative estimate of drug-likeness (QED) is 0.824. The molecule has 2 N–H and O–H groups in total. The smallest absolute Gasteiger partial charge is 0.126 e. The minimum absolute atomic E-state index is 0.416. The second-order valence-corrected chi connectivity index (χ2v) is 4.23. The number of hydrogen-bond acceptors (Lipinski definition) is 3. The average molecular weight is 206 g/mol. The van der Waals surface area contributed by atoms with Crippen molar-refractivity contribution in [3.8, 4) is 0 Å². The number of nitrogen functional groups attached to an aromatic ring is 1. The van der Waals surface area contributed by atoms with Gasteiger partial charge in [0.2, 0.25) is 0 Å². The van der Waals surface area contributed by atoms with Crippen molar-refractivity contribution in [1.29, 1.82) is 0 Å². The van der Waals surface area contributed by atoms with Crippen molar-refractivity contribution < 1.29 is 4.74 Å². The molecule has 0 radical (unpaired) electrons. The zero-order valence-corrected chi connectivity index (χ0v) is 9.15. The van der Waals surface area contributed by atoms with Crippen LogP contribution >= 0.6 is 0 Å². The number of aryl methyl sites for hydroxylation is 1. The zero-order chi connectivity index (χ0) is 10.7. The van der Waals surface area contributed by atoms with Crippen molar-refractivity contribution >= 4 is 5.82 Å². The molecule has 0 bridgehead atoms. The summed E-state index contributed by atoms with van der Waals surface area (Å²) in [6.07, 6.45) is 6.97. The van der Waals surface area contributed by atoms with Gasteiger partial charge in [-0.1, -0.05) is 6.07 Å². The molecule has 2 unspecified atom stereocenters. The molecule has 0 aromatic carbocycles. The maximum absolute atomic E-state index is 5.78. The van der Waals surface area contributed by atoms with Crippen LogP contribution in [0.2, 0.25) is 0 Å². The van der Waals surface area contributed by atoms with Gasteiger partial charge < -0.3 is 10.5 Å². The van der Waals surface area contributed by atoms with E-state index in [4.69, 9.17) is 10.5 Å². The average Bonchev–Trinajstić information content (AvgIpc) is 2.63. The summed E-state index contributed by atoms with van der Waals surface area (Å²) >= 11 is 0. The van der Waals surface area contributed by atoms with Gasteiger partial charge in [0, 0.05) is 6.20 Å². The third-order valence-corrected chi connectivity index (χ3v) is 2.98. The summed E-state index contributed by atoms with van der Waals surface area (Å²) in [6.45, 7) is 2.14. The minimum atomic E-state index is 0.416. The van der Waals surface area contributed by atoms with E-state index in [1.54, 1.807) is 6.20 Å². The highest BCUT2D eigenvalue weighted by Crippen LogP contribution is 2.23. The molecule has 2 heterocycles. The number of anilines is 1. The third kappa shape index (κ3) is 2.69. The largest absolute Gasteiger partial charge is 0.383 e. The van der Waals surface area contributed by atoms with E-state index in [1.807, 2.05) is 12.1 Å². The number of pyridine rings is 1. The van der Waals surface area contributed by atoms with E-state index in [2.05, 4.69) is 11.9 Å². The van der Waals surface area contributed by atoms with E-state index in [9.17, 15) is 0 Å². The summed E-state index contributed by atoms with van der Waals surface area (Å²) in [6, 6.07) is 3.98. The Morgan fingerprint density at radius 1 is 1.53 bits per heavy atom. The first-order chi connectivity index (χ1) is 7.25. The van der Waals surface area contributed by atoms with Crippen LogP contribution in [0.1, 0.15) is 31.7 Å². The number of aromatic nitrogens is 1. The van der Waals surface area contributed by atoms with Gasteiger partial charge in [-0.15, -0.1) is 0 Å². The van der Waals surface area contributed by atoms with Crippen LogP contribution in [0.25, 0.3) is 0 Å². The van der Waals surface area contributed by atoms with Crippen molar-refractivity contribution in [3.05, 3.63) is 23.9 Å². The highest BCUT2D eigenvalue weighted by Gasteiger charge is 2.21. The van der Waals surface area contributed by atoms with Gasteiger partial charge in [0.15, 0.2) is 0 Å². The first-order valence-corrected chi connectivity index (χ1v) is 5.60. The predicted molar refractivity (Wildman–Crippen MR) is 60.5 cm³/mol. The van der Waals surface area contributed by atoms with Crippen molar-refractivity contribution in [2.75, 3.05) is 5.73 Å². The molecule has 1 fully saturated rings. The summed E-state index contributed by atoms with van der Waals surface area (Å²) in [5, 5.41) is 0. The Balaban J connectivity index is 1.86. The molecule has 1 aliphatic heterocycles. The van der Waals surface area contributed by atoms with Crippen LogP contribution in [0.5, 0.6) is 0 Å². The maximum Gasteiger partial charge on any atom is 0.126 e. The van der Waals surface area contributed by atoms with Crippen LogP contribution in [0, 0.1) is 0 Å². The van der Waals surface area contributed by atoms with E-state index in [1.165, 1.54) is 12.8 Å². The van der Waals surface area contributed by atoms with Crippen LogP contribution in [0.4, 0.5) is 5.82 Å². The fourth-order valence-electron chi connectivity index (χ4n) is 2.08. The zero-order valence-electron chi connectivity index (χ0n) is 9.15. The van der Waals surface area contributed by atoms with E-state index >= 15 is 0 Å². The fourth-order valence-corrected chi connectivity index (χ4v) is 2.08. The van der Waals surface area contributed by atoms with Gasteiger partial charge in [0.25, 0.3) is 0 Å². The summed E-state index contributed by atoms with van der Waals surface area (Å²) in [5.41, 5.74) is 6.92. The predicted octanol–water partition coefficient (Wildman–Crippen LogP) is 2.16. The second kappa shape index (κ2) is 4.62. The van der Waals surface area contributed by atoms with Crippen LogP contribution < -0.4 is 5.73 Å². The van der Waals surface area contributed by atoms with Gasteiger partial charge in [0.1, 0.15) is 5.82 Å². The first kappa shape index (κ1) is 10.4. The van der Waals surface area contributed by atoms with Gasteiger partial charge in [-0.2, -0.15) is 0 Å². The molecule has 2 rings (SSSR count). The molecule has 15 heavy (non-hydrogen) atoms. The Hall–Kier alpha value is -1.09. The van der Waals surface area contributed by atoms with Crippen LogP contribution in [-0.2, 0) is 11.2 Å². The molecule has 0 aliphatic carbocycles. The van der Waals surface area contributed by atoms with Crippen molar-refractivity contribution in [1.82, 2.24) is 4.98 Å². The second-order valence-electron chi connectivity index (χ2n) is 4.23. The highest BCUT2D eigenvalue weighted by molar-refractivity contribution is 5.38. The minimum Gasteiger partial charge on any atom is -0.383 e. The molecule has 1 aromatic rings. The summed E-state index contributed by atoms with van der Waals surface area (Å²) < 4.78 is 5.76. The van der Waals surface area contributed by atoms with Gasteiger partial charge in [-0.05, 0) is 44.2 Å². The van der Waals surface area contributed by atoms with E-state index < -0.39 is 0 Å². The molecule has 82 valence electrons. The monoisotopic (exact) mass is 206 g/mol. The number of ether oxygens (including phenoxy) is 1. The van der Waals surface area contributed by atoms with Gasteiger partial charge in [0.05, 0.1) is 12.2 Å². The SMILES string of the molecule is CC1CCC(CCc2cccnc2N)O1. The standard InChI is InChI=1S/C12H18N2O/c1-9-4-6-11(15-9)7-5-10-3-2-8-14-12(10)13/h2-3,8-9,11H,4-7H2,1H3,(H2,13,14). The number of nitrogens with zero attached hydrogens (tertiary/aromatic N) is 1. The Kier molecular flexibility index (Phi) is 3.21. The normalized spacial score (nSPS) is 25.7. The number of rotatable bonds is 3. The molecule has 0 saturated carbocycles. The van der Waals surface area contributed by atoms with Crippen molar-refractivity contribution in [3.63, 3.8) is 0 Å². The topological polar surface area (TPSA) is 48.1 Å². The summed E-state index contributed by atoms with van der Waals surface area (Å²) in [7, 11) is 0. The molecule has 1 aromatic heterocycles. The molecule has 3 heteroatoms. The lowest BCUT2D eigenvalue weighted by Gasteiger charge is -2.11. The first-order valence-electron chi connectivity index (χ1n) is 5.60. The molecular weight excluding hydrogens is 188 g/mol. The van der Waals surface area contributed by atoms with E-state index in [0.29, 0.717) is 18.0 Å². The number of hydrogen-bond donors (Lipinski definition) is 1. The molecule has 3 nitrogen and oxygen atoms in total. The molecular formula is C12H18N2O. The van der Waals surface area contributed by atoms with Crippen LogP contribution in [-0.4, -0.2) is 17.2 Å². The Labute approximate surface area is 90.7 Å². The lowest BCUT2D eigenvalue weighted by molar-refractivity contribution is 0.0512. The van der Waals surface area contributed by atoms with Crippen molar-refractivity contribution in [2.24, 2.45) is 0 Å². The van der Waals surface area contributed by atoms with E-state index in [0.717, 1.165) is 18.4 Å². The molecule has 0 spiro atoms. The lowest BCUT2D eigenvalue weighted by atomic mass is 10.1. The summed E-state index contributed by atoms with van der Waals surface area (Å²) in [5.74, 6) is 0.656. The Bertz CT molecular complexity index is 327. The number of nitrogens with two attached hydrogens (primary N) is 1. The Morgan fingerprint density at radius 3 is 3.07 bits per heavy atom. The van der Waals surface area contributed by atoms with Gasteiger partial charge in [-0.3, -0.25) is 0 Å². The molecule has 0 amide bonds. The maximum atomic E-state index is 5.78. The Morgan fingerprint density at radius 2 is 2.40 bits per heavy atom. The molecule has 2 atom stereocenters. The third-order valence-electron chi connectivity index (χ3n) is 2.98. The van der Waals surface area contributed by atoms with Crippen LogP contribution in [0.15, 0.2) is 18.3 Å². The highest BCUT2D eigenvalue weighted by atomic mass is 16.5. The molecule has 1 saturated heterocycles. The fraction of sp³-hybridized carbons (Fsp3) is 0.583. The van der Waals surface area contributed by atoms with Crippen LogP contribution in [0.3, 0.4) is 0 Å². The molecule has 1 aliphatic rings. The summed E-state index contributed by atoms with van der Waals surface area (Å²) in [4.78, 5) is 4.08. The van der Waals surface area contributed by atoms with Crippen molar-refractivity contribution in [2.45, 2.75) is 44.8 Å². The van der Waals surface area contributed by atoms with Gasteiger partial charge >= 0.3 is 0 Å². The lowest BCUT2D eigenvalue weighted by Crippen LogP contribution is -2.10.